The van der Waals surface area contributed by atoms with E-state index < -0.39 is 5.82 Å². The molecule has 1 aliphatic carbocycles. The summed E-state index contributed by atoms with van der Waals surface area (Å²) in [4.78, 5) is 17.9. The summed E-state index contributed by atoms with van der Waals surface area (Å²) in [5.41, 5.74) is 0.782. The van der Waals surface area contributed by atoms with Gasteiger partial charge in [-0.1, -0.05) is 25.3 Å². The van der Waals surface area contributed by atoms with Crippen molar-refractivity contribution in [2.75, 3.05) is 34.3 Å². The quantitative estimate of drug-likeness (QED) is 0.327. The first-order valence-corrected chi connectivity index (χ1v) is 9.99. The predicted molar refractivity (Wildman–Crippen MR) is 125 cm³/mol. The van der Waals surface area contributed by atoms with Gasteiger partial charge in [0.2, 0.25) is 5.91 Å². The van der Waals surface area contributed by atoms with Gasteiger partial charge in [-0.2, -0.15) is 0 Å². The first-order chi connectivity index (χ1) is 13.4. The molecule has 164 valence electrons. The van der Waals surface area contributed by atoms with Crippen molar-refractivity contribution >= 4 is 35.8 Å². The summed E-state index contributed by atoms with van der Waals surface area (Å²) < 4.78 is 19.0. The number of rotatable bonds is 7. The van der Waals surface area contributed by atoms with Gasteiger partial charge in [-0.15, -0.1) is 24.0 Å². The Balaban J connectivity index is 0.00000420. The van der Waals surface area contributed by atoms with Gasteiger partial charge in [-0.25, -0.2) is 9.38 Å². The minimum Gasteiger partial charge on any atom is -0.494 e. The highest BCUT2D eigenvalue weighted by Crippen LogP contribution is 2.23. The molecule has 1 amide bonds. The first kappa shape index (κ1) is 25.5. The van der Waals surface area contributed by atoms with Crippen LogP contribution in [0.5, 0.6) is 5.75 Å². The van der Waals surface area contributed by atoms with Crippen LogP contribution in [0.15, 0.2) is 23.2 Å². The molecule has 1 fully saturated rings. The van der Waals surface area contributed by atoms with Crippen LogP contribution in [0.25, 0.3) is 0 Å². The fraction of sp³-hybridized carbons (Fsp3) is 0.619. The number of carbonyl (C=O) groups excluding carboxylic acids is 1. The van der Waals surface area contributed by atoms with E-state index in [4.69, 9.17) is 4.74 Å². The lowest BCUT2D eigenvalue weighted by molar-refractivity contribution is -0.127. The van der Waals surface area contributed by atoms with Gasteiger partial charge in [0.25, 0.3) is 0 Å². The number of aliphatic imine (C=N–C) groups is 1. The Morgan fingerprint density at radius 3 is 2.59 bits per heavy atom. The number of benzene rings is 1. The molecular formula is C21H34FIN4O2. The third-order valence-corrected chi connectivity index (χ3v) is 5.18. The molecule has 8 heteroatoms. The number of likely N-dealkylation sites (N-methyl/N-ethyl adjacent to an activating group) is 1. The SMILES string of the molecule is COc1ccc(C(C)NC(=NCC(=O)N(C)C)NCC2CCCCC2)cc1F.I. The number of methoxy groups -OCH3 is 1. The summed E-state index contributed by atoms with van der Waals surface area (Å²) >= 11 is 0. The lowest BCUT2D eigenvalue weighted by atomic mass is 9.89. The maximum Gasteiger partial charge on any atom is 0.243 e. The van der Waals surface area contributed by atoms with E-state index in [-0.39, 0.29) is 48.2 Å². The van der Waals surface area contributed by atoms with Gasteiger partial charge in [-0.05, 0) is 43.4 Å². The maximum absolute atomic E-state index is 14.0. The van der Waals surface area contributed by atoms with Gasteiger partial charge in [0.1, 0.15) is 6.54 Å². The van der Waals surface area contributed by atoms with E-state index in [1.165, 1.54) is 50.2 Å². The van der Waals surface area contributed by atoms with Crippen molar-refractivity contribution in [2.24, 2.45) is 10.9 Å². The molecule has 1 aliphatic rings. The molecule has 2 rings (SSSR count). The number of ether oxygens (including phenoxy) is 1. The summed E-state index contributed by atoms with van der Waals surface area (Å²) in [7, 11) is 4.87. The molecule has 0 spiro atoms. The van der Waals surface area contributed by atoms with Crippen molar-refractivity contribution in [3.05, 3.63) is 29.6 Å². The fourth-order valence-electron chi connectivity index (χ4n) is 3.31. The Morgan fingerprint density at radius 2 is 2.00 bits per heavy atom. The number of hydrogen-bond donors (Lipinski definition) is 2. The molecule has 0 radical (unpaired) electrons. The highest BCUT2D eigenvalue weighted by molar-refractivity contribution is 14.0. The van der Waals surface area contributed by atoms with Crippen LogP contribution in [0.2, 0.25) is 0 Å². The number of guanidine groups is 1. The molecule has 1 saturated carbocycles. The van der Waals surface area contributed by atoms with E-state index in [0.717, 1.165) is 12.1 Å². The Bertz CT molecular complexity index is 679. The third kappa shape index (κ3) is 8.36. The van der Waals surface area contributed by atoms with E-state index in [0.29, 0.717) is 11.9 Å². The van der Waals surface area contributed by atoms with Gasteiger partial charge >= 0.3 is 0 Å². The van der Waals surface area contributed by atoms with E-state index in [9.17, 15) is 9.18 Å². The van der Waals surface area contributed by atoms with E-state index in [2.05, 4.69) is 15.6 Å². The maximum atomic E-state index is 14.0. The number of nitrogens with one attached hydrogen (secondary N) is 2. The van der Waals surface area contributed by atoms with Crippen molar-refractivity contribution < 1.29 is 13.9 Å². The van der Waals surface area contributed by atoms with Crippen molar-refractivity contribution in [3.8, 4) is 5.75 Å². The normalized spacial score (nSPS) is 15.8. The standard InChI is InChI=1S/C21H33FN4O2.HI/c1-15(17-10-11-19(28-4)18(22)12-17)25-21(24-14-20(27)26(2)3)23-13-16-8-6-5-7-9-16;/h10-12,15-16H,5-9,13-14H2,1-4H3,(H2,23,24,25);1H. The zero-order chi connectivity index (χ0) is 20.5. The van der Waals surface area contributed by atoms with Crippen LogP contribution in [0.1, 0.15) is 50.6 Å². The highest BCUT2D eigenvalue weighted by atomic mass is 127. The minimum absolute atomic E-state index is 0. The average Bonchev–Trinajstić information content (AvgIpc) is 2.70. The molecule has 1 atom stereocenters. The molecular weight excluding hydrogens is 486 g/mol. The van der Waals surface area contributed by atoms with Gasteiger partial charge in [0, 0.05) is 20.6 Å². The van der Waals surface area contributed by atoms with Crippen LogP contribution in [0, 0.1) is 11.7 Å². The Morgan fingerprint density at radius 1 is 1.31 bits per heavy atom. The minimum atomic E-state index is -0.398. The molecule has 29 heavy (non-hydrogen) atoms. The van der Waals surface area contributed by atoms with Crippen molar-refractivity contribution in [1.29, 1.82) is 0 Å². The van der Waals surface area contributed by atoms with Gasteiger partial charge in [-0.3, -0.25) is 4.79 Å². The van der Waals surface area contributed by atoms with Crippen LogP contribution in [0.4, 0.5) is 4.39 Å². The zero-order valence-electron chi connectivity index (χ0n) is 17.8. The average molecular weight is 520 g/mol. The molecule has 0 aromatic heterocycles. The lowest BCUT2D eigenvalue weighted by Crippen LogP contribution is -2.42. The summed E-state index contributed by atoms with van der Waals surface area (Å²) in [5, 5.41) is 6.66. The van der Waals surface area contributed by atoms with Crippen molar-refractivity contribution in [1.82, 2.24) is 15.5 Å². The second-order valence-electron chi connectivity index (χ2n) is 7.60. The number of amides is 1. The van der Waals surface area contributed by atoms with Gasteiger partial charge in [0.15, 0.2) is 17.5 Å². The van der Waals surface area contributed by atoms with Gasteiger partial charge in [0.05, 0.1) is 13.2 Å². The zero-order valence-corrected chi connectivity index (χ0v) is 20.2. The van der Waals surface area contributed by atoms with Crippen LogP contribution in [-0.2, 0) is 4.79 Å². The first-order valence-electron chi connectivity index (χ1n) is 9.99. The topological polar surface area (TPSA) is 66.0 Å². The van der Waals surface area contributed by atoms with Gasteiger partial charge < -0.3 is 20.3 Å². The Hall–Kier alpha value is -1.58. The molecule has 1 aromatic rings. The smallest absolute Gasteiger partial charge is 0.243 e. The molecule has 2 N–H and O–H groups in total. The summed E-state index contributed by atoms with van der Waals surface area (Å²) in [5.74, 6) is 0.951. The van der Waals surface area contributed by atoms with Crippen LogP contribution in [0.3, 0.4) is 0 Å². The van der Waals surface area contributed by atoms with Crippen molar-refractivity contribution in [3.63, 3.8) is 0 Å². The molecule has 1 aromatic carbocycles. The monoisotopic (exact) mass is 520 g/mol. The summed E-state index contributed by atoms with van der Waals surface area (Å²) in [6, 6.07) is 4.72. The Kier molecular flexibility index (Phi) is 11.3. The third-order valence-electron chi connectivity index (χ3n) is 5.18. The molecule has 6 nitrogen and oxygen atoms in total. The van der Waals surface area contributed by atoms with E-state index in [1.54, 1.807) is 20.2 Å². The molecule has 1 unspecified atom stereocenters. The molecule has 0 heterocycles. The van der Waals surface area contributed by atoms with Crippen LogP contribution < -0.4 is 15.4 Å². The number of carbonyl (C=O) groups is 1. The molecule has 0 saturated heterocycles. The number of hydrogen-bond acceptors (Lipinski definition) is 3. The van der Waals surface area contributed by atoms with E-state index >= 15 is 0 Å². The Labute approximate surface area is 190 Å². The second-order valence-corrected chi connectivity index (χ2v) is 7.60. The molecule has 0 aliphatic heterocycles. The number of halogens is 2. The van der Waals surface area contributed by atoms with Crippen molar-refractivity contribution in [2.45, 2.75) is 45.1 Å². The summed E-state index contributed by atoms with van der Waals surface area (Å²) in [6.07, 6.45) is 6.29. The number of nitrogens with zero attached hydrogens (tertiary/aromatic N) is 2. The highest BCUT2D eigenvalue weighted by Gasteiger charge is 2.16. The predicted octanol–water partition coefficient (Wildman–Crippen LogP) is 3.72. The lowest BCUT2D eigenvalue weighted by Gasteiger charge is -2.24. The fourth-order valence-corrected chi connectivity index (χ4v) is 3.31. The second kappa shape index (κ2) is 12.9. The van der Waals surface area contributed by atoms with Crippen LogP contribution >= 0.6 is 24.0 Å². The summed E-state index contributed by atoms with van der Waals surface area (Å²) in [6.45, 7) is 2.83. The largest absolute Gasteiger partial charge is 0.494 e. The van der Waals surface area contributed by atoms with E-state index in [1.807, 2.05) is 13.0 Å². The van der Waals surface area contributed by atoms with Crippen LogP contribution in [-0.4, -0.2) is 51.1 Å². The molecule has 0 bridgehead atoms.